The van der Waals surface area contributed by atoms with Gasteiger partial charge in [-0.05, 0) is 28.8 Å². The number of aliphatic carboxylic acids is 1. The summed E-state index contributed by atoms with van der Waals surface area (Å²) in [6.07, 6.45) is 1.67. The van der Waals surface area contributed by atoms with E-state index in [0.29, 0.717) is 31.1 Å². The number of benzene rings is 2. The Bertz CT molecular complexity index is 764. The number of ether oxygens (including phenoxy) is 1. The summed E-state index contributed by atoms with van der Waals surface area (Å²) in [5, 5.41) is 12.5. The molecule has 2 aromatic carbocycles. The molecule has 3 rings (SSSR count). The summed E-state index contributed by atoms with van der Waals surface area (Å²) in [4.78, 5) is 17.2. The van der Waals surface area contributed by atoms with Gasteiger partial charge in [0.1, 0.15) is 18.4 Å². The molecule has 0 bridgehead atoms. The molecule has 6 heteroatoms. The third-order valence-electron chi connectivity index (χ3n) is 4.19. The van der Waals surface area contributed by atoms with Crippen molar-refractivity contribution in [2.75, 3.05) is 13.2 Å². The Hall–Kier alpha value is -2.67. The number of hydrogen-bond acceptors (Lipinski definition) is 5. The maximum atomic E-state index is 11.5. The first-order valence-electron chi connectivity index (χ1n) is 8.44. The molecule has 0 spiro atoms. The molecular formula is C20H22N2O4. The summed E-state index contributed by atoms with van der Waals surface area (Å²) in [5.74, 6) is -0.237. The average Bonchev–Trinajstić information content (AvgIpc) is 2.67. The molecule has 0 saturated carbocycles. The zero-order valence-corrected chi connectivity index (χ0v) is 14.4. The first-order chi connectivity index (χ1) is 12.7. The zero-order valence-electron chi connectivity index (χ0n) is 14.4. The lowest BCUT2D eigenvalue weighted by Crippen LogP contribution is -2.42. The minimum atomic E-state index is -0.908. The summed E-state index contributed by atoms with van der Waals surface area (Å²) < 4.78 is 5.58. The van der Waals surface area contributed by atoms with Gasteiger partial charge in [-0.25, -0.2) is 0 Å². The van der Waals surface area contributed by atoms with Gasteiger partial charge in [-0.1, -0.05) is 49.1 Å². The summed E-state index contributed by atoms with van der Waals surface area (Å²) >= 11 is 0. The predicted molar refractivity (Wildman–Crippen MR) is 97.6 cm³/mol. The maximum Gasteiger partial charge on any atom is 0.325 e. The van der Waals surface area contributed by atoms with Crippen molar-refractivity contribution in [2.45, 2.75) is 18.7 Å². The van der Waals surface area contributed by atoms with Crippen molar-refractivity contribution in [3.63, 3.8) is 0 Å². The van der Waals surface area contributed by atoms with E-state index in [9.17, 15) is 9.90 Å². The van der Waals surface area contributed by atoms with E-state index in [2.05, 4.69) is 17.4 Å². The molecular weight excluding hydrogens is 332 g/mol. The number of fused-ring (bicyclic) bond motifs is 1. The number of carbonyl (C=O) groups is 1. The van der Waals surface area contributed by atoms with Crippen LogP contribution < -0.4 is 15.5 Å². The fraction of sp³-hybridized carbons (Fsp3) is 0.250. The van der Waals surface area contributed by atoms with E-state index in [0.717, 1.165) is 11.1 Å². The minimum Gasteiger partial charge on any atom is -0.490 e. The summed E-state index contributed by atoms with van der Waals surface area (Å²) in [7, 11) is 0. The molecule has 6 nitrogen and oxygen atoms in total. The fourth-order valence-electron chi connectivity index (χ4n) is 2.94. The normalized spacial score (nSPS) is 18.8. The monoisotopic (exact) mass is 354 g/mol. The minimum absolute atomic E-state index is 0.184. The second kappa shape index (κ2) is 8.62. The first-order valence-corrected chi connectivity index (χ1v) is 8.44. The van der Waals surface area contributed by atoms with E-state index < -0.39 is 12.0 Å². The molecule has 0 aliphatic carbocycles. The highest BCUT2D eigenvalue weighted by molar-refractivity contribution is 5.77. The van der Waals surface area contributed by atoms with Crippen LogP contribution in [0.15, 0.2) is 61.2 Å². The Kier molecular flexibility index (Phi) is 6.01. The Morgan fingerprint density at radius 3 is 2.81 bits per heavy atom. The molecule has 0 amide bonds. The van der Waals surface area contributed by atoms with Gasteiger partial charge in [0.2, 0.25) is 0 Å². The summed E-state index contributed by atoms with van der Waals surface area (Å²) in [5.41, 5.74) is 5.65. The Balaban J connectivity index is 1.75. The molecule has 2 atom stereocenters. The second-order valence-electron chi connectivity index (χ2n) is 6.01. The fourth-order valence-corrected chi connectivity index (χ4v) is 2.94. The van der Waals surface area contributed by atoms with Crippen molar-refractivity contribution < 1.29 is 19.5 Å². The highest BCUT2D eigenvalue weighted by Crippen LogP contribution is 2.32. The standard InChI is InChI=1S/C20H22N2O4/c1-2-10-25-15-8-9-16-17(11-15)18(12-21-19(16)20(23)24)22-26-13-14-6-4-3-5-7-14/h2-9,11,18-19,21-22H,1,10,12-13H2,(H,23,24). The SMILES string of the molecule is C=CCOc1ccc2c(c1)C(NOCc1ccccc1)CNC2C(=O)O. The molecule has 1 heterocycles. The molecule has 136 valence electrons. The molecule has 1 aliphatic heterocycles. The molecule has 2 aromatic rings. The van der Waals surface area contributed by atoms with E-state index in [4.69, 9.17) is 9.57 Å². The summed E-state index contributed by atoms with van der Waals surface area (Å²) in [6.45, 7) is 4.88. The van der Waals surface area contributed by atoms with Crippen molar-refractivity contribution in [3.05, 3.63) is 77.9 Å². The van der Waals surface area contributed by atoms with Gasteiger partial charge in [0.15, 0.2) is 0 Å². The van der Waals surface area contributed by atoms with Gasteiger partial charge in [0.25, 0.3) is 0 Å². The number of carboxylic acids is 1. The molecule has 1 aliphatic rings. The molecule has 0 radical (unpaired) electrons. The Morgan fingerprint density at radius 2 is 2.08 bits per heavy atom. The van der Waals surface area contributed by atoms with E-state index in [1.165, 1.54) is 0 Å². The van der Waals surface area contributed by atoms with E-state index in [1.54, 1.807) is 18.2 Å². The van der Waals surface area contributed by atoms with Crippen LogP contribution in [-0.4, -0.2) is 24.2 Å². The Labute approximate surface area is 152 Å². The highest BCUT2D eigenvalue weighted by Gasteiger charge is 2.31. The predicted octanol–water partition coefficient (Wildman–Crippen LogP) is 2.74. The largest absolute Gasteiger partial charge is 0.490 e. The number of nitrogens with one attached hydrogen (secondary N) is 2. The smallest absolute Gasteiger partial charge is 0.325 e. The lowest BCUT2D eigenvalue weighted by Gasteiger charge is -2.31. The van der Waals surface area contributed by atoms with Crippen LogP contribution in [-0.2, 0) is 16.2 Å². The van der Waals surface area contributed by atoms with Gasteiger partial charge in [-0.2, -0.15) is 5.48 Å². The summed E-state index contributed by atoms with van der Waals surface area (Å²) in [6, 6.07) is 14.3. The lowest BCUT2D eigenvalue weighted by atomic mass is 9.91. The van der Waals surface area contributed by atoms with Crippen LogP contribution in [0.3, 0.4) is 0 Å². The van der Waals surface area contributed by atoms with Gasteiger partial charge in [-0.3, -0.25) is 14.9 Å². The highest BCUT2D eigenvalue weighted by atomic mass is 16.6. The molecule has 26 heavy (non-hydrogen) atoms. The number of hydroxylamine groups is 1. The van der Waals surface area contributed by atoms with E-state index in [-0.39, 0.29) is 6.04 Å². The quantitative estimate of drug-likeness (QED) is 0.500. The van der Waals surface area contributed by atoms with Gasteiger partial charge in [-0.15, -0.1) is 0 Å². The van der Waals surface area contributed by atoms with Crippen LogP contribution >= 0.6 is 0 Å². The van der Waals surface area contributed by atoms with Crippen LogP contribution in [0.5, 0.6) is 5.75 Å². The van der Waals surface area contributed by atoms with Crippen molar-refractivity contribution in [2.24, 2.45) is 0 Å². The molecule has 0 fully saturated rings. The van der Waals surface area contributed by atoms with Gasteiger partial charge < -0.3 is 9.84 Å². The number of rotatable bonds is 8. The van der Waals surface area contributed by atoms with Crippen molar-refractivity contribution in [1.82, 2.24) is 10.8 Å². The average molecular weight is 354 g/mol. The van der Waals surface area contributed by atoms with E-state index >= 15 is 0 Å². The van der Waals surface area contributed by atoms with Crippen LogP contribution in [0.25, 0.3) is 0 Å². The van der Waals surface area contributed by atoms with Crippen molar-refractivity contribution in [3.8, 4) is 5.75 Å². The molecule has 2 unspecified atom stereocenters. The number of hydrogen-bond donors (Lipinski definition) is 3. The van der Waals surface area contributed by atoms with Crippen LogP contribution in [0.1, 0.15) is 28.8 Å². The Morgan fingerprint density at radius 1 is 1.27 bits per heavy atom. The topological polar surface area (TPSA) is 79.8 Å². The first kappa shape index (κ1) is 18.1. The van der Waals surface area contributed by atoms with Gasteiger partial charge in [0, 0.05) is 6.54 Å². The van der Waals surface area contributed by atoms with Gasteiger partial charge >= 0.3 is 5.97 Å². The van der Waals surface area contributed by atoms with Gasteiger partial charge in [0.05, 0.1) is 12.6 Å². The number of carboxylic acid groups (broad SMARTS) is 1. The van der Waals surface area contributed by atoms with E-state index in [1.807, 2.05) is 36.4 Å². The third-order valence-corrected chi connectivity index (χ3v) is 4.19. The van der Waals surface area contributed by atoms with Crippen LogP contribution in [0.2, 0.25) is 0 Å². The maximum absolute atomic E-state index is 11.5. The lowest BCUT2D eigenvalue weighted by molar-refractivity contribution is -0.140. The molecule has 3 N–H and O–H groups in total. The van der Waals surface area contributed by atoms with Crippen LogP contribution in [0.4, 0.5) is 0 Å². The third kappa shape index (κ3) is 4.29. The van der Waals surface area contributed by atoms with Crippen molar-refractivity contribution in [1.29, 1.82) is 0 Å². The molecule has 0 saturated heterocycles. The van der Waals surface area contributed by atoms with Crippen LogP contribution in [0, 0.1) is 0 Å². The second-order valence-corrected chi connectivity index (χ2v) is 6.01. The molecule has 0 aromatic heterocycles. The zero-order chi connectivity index (χ0) is 18.4. The van der Waals surface area contributed by atoms with Crippen molar-refractivity contribution >= 4 is 5.97 Å².